The summed E-state index contributed by atoms with van der Waals surface area (Å²) in [5.41, 5.74) is -1.38. The van der Waals surface area contributed by atoms with Gasteiger partial charge in [-0.15, -0.1) is 0 Å². The van der Waals surface area contributed by atoms with Gasteiger partial charge in [0.15, 0.2) is 0 Å². The van der Waals surface area contributed by atoms with E-state index in [0.29, 0.717) is 24.3 Å². The number of carbonyl (C=O) groups excluding carboxylic acids is 1. The largest absolute Gasteiger partial charge is 0.497 e. The van der Waals surface area contributed by atoms with Gasteiger partial charge in [-0.25, -0.2) is 0 Å². The van der Waals surface area contributed by atoms with Gasteiger partial charge in [0.2, 0.25) is 0 Å². The van der Waals surface area contributed by atoms with E-state index in [2.05, 4.69) is 4.98 Å². The van der Waals surface area contributed by atoms with Crippen molar-refractivity contribution >= 4 is 5.78 Å². The van der Waals surface area contributed by atoms with Crippen LogP contribution in [-0.4, -0.2) is 25.0 Å². The Hall–Kier alpha value is -3.56. The van der Waals surface area contributed by atoms with E-state index in [-0.39, 0.29) is 24.2 Å². The van der Waals surface area contributed by atoms with Crippen LogP contribution in [0.2, 0.25) is 0 Å². The summed E-state index contributed by atoms with van der Waals surface area (Å²) in [6, 6.07) is 11.0. The monoisotopic (exact) mass is 525 g/mol. The first kappa shape index (κ1) is 28.0. The number of carbonyl (C=O) groups is 1. The average molecular weight is 525 g/mol. The fourth-order valence-electron chi connectivity index (χ4n) is 4.04. The third kappa shape index (κ3) is 7.47. The molecule has 198 valence electrons. The molecule has 4 nitrogen and oxygen atoms in total. The number of halogens is 6. The number of Topliss-reactive ketones (excluding diaryl/α,β-unsaturated/α-hetero) is 1. The molecule has 0 saturated heterocycles. The summed E-state index contributed by atoms with van der Waals surface area (Å²) in [5, 5.41) is 0. The van der Waals surface area contributed by atoms with Crippen molar-refractivity contribution in [3.8, 4) is 11.5 Å². The SMILES string of the molecule is COc1cc(CCCC(=O)C[C@@H](c2ccc(C(F)(F)F)cc2)c2ncccc2C(F)(F)F)cc(OC)c1. The van der Waals surface area contributed by atoms with Gasteiger partial charge in [0.25, 0.3) is 0 Å². The molecule has 0 spiro atoms. The van der Waals surface area contributed by atoms with E-state index in [9.17, 15) is 31.1 Å². The number of aryl methyl sites for hydroxylation is 1. The number of hydrogen-bond donors (Lipinski definition) is 0. The molecular weight excluding hydrogens is 500 g/mol. The van der Waals surface area contributed by atoms with Gasteiger partial charge < -0.3 is 9.47 Å². The van der Waals surface area contributed by atoms with Crippen LogP contribution >= 0.6 is 0 Å². The van der Waals surface area contributed by atoms with Crippen LogP contribution in [0.3, 0.4) is 0 Å². The number of hydrogen-bond acceptors (Lipinski definition) is 4. The second-order valence-corrected chi connectivity index (χ2v) is 8.42. The van der Waals surface area contributed by atoms with Crippen molar-refractivity contribution in [1.29, 1.82) is 0 Å². The first-order valence-electron chi connectivity index (χ1n) is 11.3. The Morgan fingerprint density at radius 2 is 1.51 bits per heavy atom. The minimum absolute atomic E-state index is 0.0604. The highest BCUT2D eigenvalue weighted by molar-refractivity contribution is 5.80. The van der Waals surface area contributed by atoms with Crippen LogP contribution in [-0.2, 0) is 23.6 Å². The number of rotatable bonds is 10. The van der Waals surface area contributed by atoms with Crippen molar-refractivity contribution in [2.24, 2.45) is 0 Å². The van der Waals surface area contributed by atoms with E-state index in [4.69, 9.17) is 9.47 Å². The van der Waals surface area contributed by atoms with Crippen LogP contribution in [0.5, 0.6) is 11.5 Å². The molecule has 37 heavy (non-hydrogen) atoms. The summed E-state index contributed by atoms with van der Waals surface area (Å²) in [4.78, 5) is 16.8. The van der Waals surface area contributed by atoms with Crippen molar-refractivity contribution in [2.75, 3.05) is 14.2 Å². The molecule has 0 fully saturated rings. The van der Waals surface area contributed by atoms with Crippen LogP contribution in [0.1, 0.15) is 53.1 Å². The number of pyridine rings is 1. The number of aromatic nitrogens is 1. The first-order valence-corrected chi connectivity index (χ1v) is 11.3. The lowest BCUT2D eigenvalue weighted by atomic mass is 9.86. The van der Waals surface area contributed by atoms with Gasteiger partial charge in [0.1, 0.15) is 17.3 Å². The molecule has 0 amide bonds. The molecule has 0 unspecified atom stereocenters. The Labute approximate surface area is 210 Å². The predicted octanol–water partition coefficient (Wildman–Crippen LogP) is 7.25. The summed E-state index contributed by atoms with van der Waals surface area (Å²) < 4.78 is 90.6. The molecule has 3 rings (SSSR count). The molecule has 0 N–H and O–H groups in total. The Kier molecular flexibility index (Phi) is 8.83. The van der Waals surface area contributed by atoms with Crippen LogP contribution in [0.4, 0.5) is 26.3 Å². The van der Waals surface area contributed by atoms with Gasteiger partial charge in [-0.2, -0.15) is 26.3 Å². The second-order valence-electron chi connectivity index (χ2n) is 8.42. The quantitative estimate of drug-likeness (QED) is 0.262. The summed E-state index contributed by atoms with van der Waals surface area (Å²) in [5.74, 6) is -0.334. The summed E-state index contributed by atoms with van der Waals surface area (Å²) in [6.45, 7) is 0. The minimum atomic E-state index is -4.75. The lowest BCUT2D eigenvalue weighted by Gasteiger charge is -2.21. The van der Waals surface area contributed by atoms with Crippen LogP contribution < -0.4 is 9.47 Å². The minimum Gasteiger partial charge on any atom is -0.497 e. The molecule has 3 aromatic rings. The highest BCUT2D eigenvalue weighted by atomic mass is 19.4. The lowest BCUT2D eigenvalue weighted by molar-refractivity contribution is -0.139. The molecule has 1 aromatic heterocycles. The number of ether oxygens (including phenoxy) is 2. The van der Waals surface area contributed by atoms with Crippen molar-refractivity contribution in [2.45, 2.75) is 44.0 Å². The summed E-state index contributed by atoms with van der Waals surface area (Å²) in [7, 11) is 3.02. The maximum Gasteiger partial charge on any atom is 0.418 e. The van der Waals surface area contributed by atoms with Gasteiger partial charge in [0.05, 0.1) is 31.0 Å². The lowest BCUT2D eigenvalue weighted by Crippen LogP contribution is -2.17. The number of ketones is 1. The molecule has 0 aliphatic heterocycles. The van der Waals surface area contributed by atoms with E-state index in [1.54, 1.807) is 18.2 Å². The molecule has 1 heterocycles. The zero-order valence-corrected chi connectivity index (χ0v) is 20.1. The molecule has 0 aliphatic carbocycles. The van der Waals surface area contributed by atoms with Crippen LogP contribution in [0.15, 0.2) is 60.8 Å². The Bertz CT molecular complexity index is 1180. The Morgan fingerprint density at radius 1 is 0.892 bits per heavy atom. The maximum atomic E-state index is 13.7. The van der Waals surface area contributed by atoms with Crippen molar-refractivity contribution in [3.63, 3.8) is 0 Å². The fraction of sp³-hybridized carbons (Fsp3) is 0.333. The molecule has 0 aliphatic rings. The zero-order chi connectivity index (χ0) is 27.2. The Balaban J connectivity index is 1.83. The normalized spacial score (nSPS) is 12.8. The fourth-order valence-corrected chi connectivity index (χ4v) is 4.04. The van der Waals surface area contributed by atoms with Gasteiger partial charge >= 0.3 is 12.4 Å². The zero-order valence-electron chi connectivity index (χ0n) is 20.1. The molecule has 0 bridgehead atoms. The third-order valence-electron chi connectivity index (χ3n) is 5.88. The second kappa shape index (κ2) is 11.7. The van der Waals surface area contributed by atoms with Crippen molar-refractivity contribution in [3.05, 3.63) is 88.7 Å². The van der Waals surface area contributed by atoms with Crippen molar-refractivity contribution < 1.29 is 40.6 Å². The molecule has 0 radical (unpaired) electrons. The van der Waals surface area contributed by atoms with Crippen molar-refractivity contribution in [1.82, 2.24) is 4.98 Å². The van der Waals surface area contributed by atoms with E-state index in [0.717, 1.165) is 42.0 Å². The standard InChI is InChI=1S/C27H25F6NO3/c1-36-21-13-17(14-22(16-21)37-2)5-3-6-20(35)15-23(18-8-10-19(11-9-18)26(28,29)30)25-24(27(31,32)33)7-4-12-34-25/h4,7-14,16,23H,3,5-6,15H2,1-2H3/t23-/m0/s1. The van der Waals surface area contributed by atoms with Crippen LogP contribution in [0, 0.1) is 0 Å². The molecule has 0 saturated carbocycles. The summed E-state index contributed by atoms with van der Waals surface area (Å²) in [6.07, 6.45) is -7.57. The van der Waals surface area contributed by atoms with Gasteiger partial charge in [-0.1, -0.05) is 12.1 Å². The molecule has 1 atom stereocenters. The van der Waals surface area contributed by atoms with E-state index < -0.39 is 35.1 Å². The van der Waals surface area contributed by atoms with E-state index >= 15 is 0 Å². The Morgan fingerprint density at radius 3 is 2.05 bits per heavy atom. The van der Waals surface area contributed by atoms with E-state index in [1.807, 2.05) is 0 Å². The number of methoxy groups -OCH3 is 2. The maximum absolute atomic E-state index is 13.7. The number of nitrogens with zero attached hydrogens (tertiary/aromatic N) is 1. The van der Waals surface area contributed by atoms with Gasteiger partial charge in [-0.05, 0) is 60.4 Å². The summed E-state index contributed by atoms with van der Waals surface area (Å²) >= 11 is 0. The molecule has 10 heteroatoms. The smallest absolute Gasteiger partial charge is 0.418 e. The number of benzene rings is 2. The predicted molar refractivity (Wildman–Crippen MR) is 125 cm³/mol. The number of alkyl halides is 6. The van der Waals surface area contributed by atoms with Gasteiger partial charge in [-0.3, -0.25) is 9.78 Å². The van der Waals surface area contributed by atoms with Gasteiger partial charge in [0, 0.05) is 31.0 Å². The molecule has 2 aromatic carbocycles. The topological polar surface area (TPSA) is 48.4 Å². The van der Waals surface area contributed by atoms with E-state index in [1.165, 1.54) is 20.4 Å². The van der Waals surface area contributed by atoms with Crippen LogP contribution in [0.25, 0.3) is 0 Å². The average Bonchev–Trinajstić information content (AvgIpc) is 2.86. The first-order chi connectivity index (χ1) is 17.4. The molecular formula is C27H25F6NO3. The third-order valence-corrected chi connectivity index (χ3v) is 5.88. The highest BCUT2D eigenvalue weighted by Crippen LogP contribution is 2.39. The highest BCUT2D eigenvalue weighted by Gasteiger charge is 2.37.